The van der Waals surface area contributed by atoms with Gasteiger partial charge >= 0.3 is 6.18 Å². The van der Waals surface area contributed by atoms with Gasteiger partial charge in [-0.1, -0.05) is 18.2 Å². The largest absolute Gasteiger partial charge is 0.457 e. The Morgan fingerprint density at radius 2 is 1.85 bits per heavy atom. The normalized spacial score (nSPS) is 20.0. The van der Waals surface area contributed by atoms with Crippen LogP contribution in [-0.2, 0) is 0 Å². The topological polar surface area (TPSA) is 36.3 Å². The molecule has 0 spiro atoms. The van der Waals surface area contributed by atoms with Crippen LogP contribution in [0.4, 0.5) is 18.9 Å². The molecular weight excluding hydrogens is 341 g/mol. The minimum Gasteiger partial charge on any atom is -0.457 e. The molecule has 26 heavy (non-hydrogen) atoms. The van der Waals surface area contributed by atoms with Crippen LogP contribution >= 0.6 is 0 Å². The second-order valence-corrected chi connectivity index (χ2v) is 6.50. The molecule has 0 unspecified atom stereocenters. The third-order valence-corrected chi connectivity index (χ3v) is 4.69. The summed E-state index contributed by atoms with van der Waals surface area (Å²) in [5.74, 6) is -0.0453. The van der Waals surface area contributed by atoms with E-state index in [1.165, 1.54) is 0 Å². The van der Waals surface area contributed by atoms with E-state index in [4.69, 9.17) is 10.00 Å². The standard InChI is InChI=1S/C20H19F3N2O/c1-14-4-2-3-5-19(14)26-18-8-6-16(7-9-18)25-13-15(20(21,22)23)12-17(25)10-11-24/h2-9,15,17H,10,12-13H2,1H3/t15-,17+/m0/s1. The zero-order valence-corrected chi connectivity index (χ0v) is 14.3. The number of halogens is 3. The lowest BCUT2D eigenvalue weighted by molar-refractivity contribution is -0.168. The van der Waals surface area contributed by atoms with E-state index < -0.39 is 18.1 Å². The fourth-order valence-corrected chi connectivity index (χ4v) is 3.27. The Labute approximate surface area is 150 Å². The summed E-state index contributed by atoms with van der Waals surface area (Å²) < 4.78 is 45.1. The summed E-state index contributed by atoms with van der Waals surface area (Å²) in [4.78, 5) is 1.68. The molecule has 1 saturated heterocycles. The fourth-order valence-electron chi connectivity index (χ4n) is 3.27. The van der Waals surface area contributed by atoms with E-state index in [9.17, 15) is 13.2 Å². The van der Waals surface area contributed by atoms with Crippen LogP contribution in [0.15, 0.2) is 48.5 Å². The summed E-state index contributed by atoms with van der Waals surface area (Å²) in [5.41, 5.74) is 1.67. The average Bonchev–Trinajstić information content (AvgIpc) is 3.02. The van der Waals surface area contributed by atoms with E-state index in [-0.39, 0.29) is 19.4 Å². The van der Waals surface area contributed by atoms with Gasteiger partial charge in [0.25, 0.3) is 0 Å². The van der Waals surface area contributed by atoms with Gasteiger partial charge in [-0.25, -0.2) is 0 Å². The highest BCUT2D eigenvalue weighted by atomic mass is 19.4. The van der Waals surface area contributed by atoms with Gasteiger partial charge in [-0.3, -0.25) is 0 Å². The maximum atomic E-state index is 13.1. The number of alkyl halides is 3. The highest BCUT2D eigenvalue weighted by Gasteiger charge is 2.47. The molecule has 3 nitrogen and oxygen atoms in total. The van der Waals surface area contributed by atoms with E-state index in [2.05, 4.69) is 0 Å². The molecule has 0 saturated carbocycles. The van der Waals surface area contributed by atoms with Crippen molar-refractivity contribution in [3.63, 3.8) is 0 Å². The third-order valence-electron chi connectivity index (χ3n) is 4.69. The molecule has 2 atom stereocenters. The number of ether oxygens (including phenoxy) is 1. The molecule has 3 rings (SSSR count). The molecule has 136 valence electrons. The number of anilines is 1. The number of nitriles is 1. The fraction of sp³-hybridized carbons (Fsp3) is 0.350. The van der Waals surface area contributed by atoms with E-state index >= 15 is 0 Å². The van der Waals surface area contributed by atoms with Crippen molar-refractivity contribution in [2.45, 2.75) is 32.0 Å². The Morgan fingerprint density at radius 1 is 1.15 bits per heavy atom. The molecular formula is C20H19F3N2O. The van der Waals surface area contributed by atoms with Crippen molar-refractivity contribution in [3.8, 4) is 17.6 Å². The van der Waals surface area contributed by atoms with Crippen LogP contribution in [0.3, 0.4) is 0 Å². The van der Waals surface area contributed by atoms with Crippen molar-refractivity contribution < 1.29 is 17.9 Å². The minimum absolute atomic E-state index is 0.0431. The summed E-state index contributed by atoms with van der Waals surface area (Å²) in [5, 5.41) is 8.94. The number of rotatable bonds is 4. The van der Waals surface area contributed by atoms with Crippen LogP contribution in [-0.4, -0.2) is 18.8 Å². The molecule has 0 radical (unpaired) electrons. The van der Waals surface area contributed by atoms with Gasteiger partial charge in [-0.15, -0.1) is 0 Å². The third kappa shape index (κ3) is 3.93. The Hall–Kier alpha value is -2.68. The van der Waals surface area contributed by atoms with Crippen LogP contribution in [0, 0.1) is 24.2 Å². The molecule has 2 aromatic rings. The number of nitrogens with zero attached hydrogens (tertiary/aromatic N) is 2. The molecule has 0 aromatic heterocycles. The number of hydrogen-bond donors (Lipinski definition) is 0. The lowest BCUT2D eigenvalue weighted by Gasteiger charge is -2.25. The van der Waals surface area contributed by atoms with E-state index in [1.807, 2.05) is 37.3 Å². The number of hydrogen-bond acceptors (Lipinski definition) is 3. The monoisotopic (exact) mass is 360 g/mol. The maximum absolute atomic E-state index is 13.1. The van der Waals surface area contributed by atoms with Gasteiger partial charge in [0.2, 0.25) is 0 Å². The van der Waals surface area contributed by atoms with Crippen molar-refractivity contribution in [2.75, 3.05) is 11.4 Å². The summed E-state index contributed by atoms with van der Waals surface area (Å²) >= 11 is 0. The molecule has 6 heteroatoms. The van der Waals surface area contributed by atoms with Crippen molar-refractivity contribution in [3.05, 3.63) is 54.1 Å². The van der Waals surface area contributed by atoms with E-state index in [0.717, 1.165) is 11.3 Å². The average molecular weight is 360 g/mol. The van der Waals surface area contributed by atoms with Gasteiger partial charge in [0.15, 0.2) is 0 Å². The minimum atomic E-state index is -4.24. The van der Waals surface area contributed by atoms with Crippen LogP contribution in [0.5, 0.6) is 11.5 Å². The molecule has 1 aliphatic rings. The first-order valence-electron chi connectivity index (χ1n) is 8.42. The Balaban J connectivity index is 1.76. The number of aryl methyl sites for hydroxylation is 1. The molecule has 2 aromatic carbocycles. The van der Waals surface area contributed by atoms with Crippen molar-refractivity contribution in [1.82, 2.24) is 0 Å². The highest BCUT2D eigenvalue weighted by Crippen LogP contribution is 2.40. The summed E-state index contributed by atoms with van der Waals surface area (Å²) in [6.07, 6.45) is -4.21. The quantitative estimate of drug-likeness (QED) is 0.726. The molecule has 1 heterocycles. The molecule has 1 aliphatic heterocycles. The number of para-hydroxylation sites is 1. The van der Waals surface area contributed by atoms with E-state index in [1.54, 1.807) is 29.2 Å². The van der Waals surface area contributed by atoms with Crippen LogP contribution < -0.4 is 9.64 Å². The van der Waals surface area contributed by atoms with Gasteiger partial charge in [0.05, 0.1) is 18.4 Å². The highest BCUT2D eigenvalue weighted by molar-refractivity contribution is 5.52. The molecule has 0 amide bonds. The maximum Gasteiger partial charge on any atom is 0.393 e. The molecule has 0 aliphatic carbocycles. The van der Waals surface area contributed by atoms with Gasteiger partial charge in [-0.05, 0) is 49.2 Å². The van der Waals surface area contributed by atoms with Crippen molar-refractivity contribution in [2.24, 2.45) is 5.92 Å². The Bertz CT molecular complexity index is 796. The Morgan fingerprint density at radius 3 is 2.46 bits per heavy atom. The second kappa shape index (κ2) is 7.28. The predicted molar refractivity (Wildman–Crippen MR) is 93.2 cm³/mol. The molecule has 1 fully saturated rings. The van der Waals surface area contributed by atoms with Gasteiger partial charge in [-0.2, -0.15) is 18.4 Å². The predicted octanol–water partition coefficient (Wildman–Crippen LogP) is 5.46. The van der Waals surface area contributed by atoms with Crippen LogP contribution in [0.25, 0.3) is 0 Å². The van der Waals surface area contributed by atoms with Crippen molar-refractivity contribution >= 4 is 5.69 Å². The van der Waals surface area contributed by atoms with Gasteiger partial charge in [0, 0.05) is 18.3 Å². The zero-order chi connectivity index (χ0) is 18.7. The van der Waals surface area contributed by atoms with Gasteiger partial charge in [0.1, 0.15) is 11.5 Å². The Kier molecular flexibility index (Phi) is 5.08. The SMILES string of the molecule is Cc1ccccc1Oc1ccc(N2C[C@@H](C(F)(F)F)C[C@H]2CC#N)cc1. The van der Waals surface area contributed by atoms with Crippen LogP contribution in [0.1, 0.15) is 18.4 Å². The molecule has 0 N–H and O–H groups in total. The van der Waals surface area contributed by atoms with Crippen molar-refractivity contribution in [1.29, 1.82) is 5.26 Å². The molecule has 0 bridgehead atoms. The van der Waals surface area contributed by atoms with Gasteiger partial charge < -0.3 is 9.64 Å². The first kappa shape index (κ1) is 18.1. The zero-order valence-electron chi connectivity index (χ0n) is 14.3. The van der Waals surface area contributed by atoms with Crippen LogP contribution in [0.2, 0.25) is 0 Å². The lowest BCUT2D eigenvalue weighted by atomic mass is 10.0. The summed E-state index contributed by atoms with van der Waals surface area (Å²) in [7, 11) is 0. The lowest BCUT2D eigenvalue weighted by Crippen LogP contribution is -2.30. The summed E-state index contributed by atoms with van der Waals surface area (Å²) in [6, 6.07) is 16.2. The summed E-state index contributed by atoms with van der Waals surface area (Å²) in [6.45, 7) is 1.82. The van der Waals surface area contributed by atoms with E-state index in [0.29, 0.717) is 11.4 Å². The second-order valence-electron chi connectivity index (χ2n) is 6.50. The smallest absolute Gasteiger partial charge is 0.393 e. The first-order chi connectivity index (χ1) is 12.4. The first-order valence-corrected chi connectivity index (χ1v) is 8.42. The number of benzene rings is 2.